The van der Waals surface area contributed by atoms with Gasteiger partial charge in [-0.05, 0) is 50.0 Å². The van der Waals surface area contributed by atoms with Gasteiger partial charge in [-0.15, -0.1) is 0 Å². The van der Waals surface area contributed by atoms with E-state index < -0.39 is 25.0 Å². The summed E-state index contributed by atoms with van der Waals surface area (Å²) in [7, 11) is -0.217. The summed E-state index contributed by atoms with van der Waals surface area (Å²) in [6, 6.07) is 5.04. The van der Waals surface area contributed by atoms with Crippen LogP contribution in [-0.2, 0) is 16.0 Å². The van der Waals surface area contributed by atoms with Crippen molar-refractivity contribution < 1.29 is 19.6 Å². The summed E-state index contributed by atoms with van der Waals surface area (Å²) < 4.78 is 0. The third-order valence-electron chi connectivity index (χ3n) is 4.20. The Hall–Kier alpha value is -2.12. The number of hydrogen-bond acceptors (Lipinski definition) is 4. The molecule has 1 aromatic rings. The number of amides is 2. The number of aryl methyl sites for hydroxylation is 2. The quantitative estimate of drug-likeness (QED) is 0.497. The Bertz CT molecular complexity index is 619. The molecule has 0 aliphatic heterocycles. The van der Waals surface area contributed by atoms with E-state index >= 15 is 0 Å². The molecule has 0 spiro atoms. The molecule has 0 saturated heterocycles. The van der Waals surface area contributed by atoms with Crippen molar-refractivity contribution in [3.05, 3.63) is 47.5 Å². The van der Waals surface area contributed by atoms with Crippen LogP contribution in [0.5, 0.6) is 0 Å². The highest BCUT2D eigenvalue weighted by molar-refractivity contribution is 6.43. The second-order valence-corrected chi connectivity index (χ2v) is 5.98. The molecule has 0 radical (unpaired) electrons. The molecular formula is C17H25BN2O4. The average Bonchev–Trinajstić information content (AvgIpc) is 2.55. The standard InChI is InChI=1S/C17H25BN2O4/c1-6-16(21)20(5)13(4)17(22)19-15(18(23)24)10-14-8-7-11(2)12(3)9-14/h6-9,13,15,23-24H,1,10H2,2-5H3,(H,19,22)/t13-,15-/m0/s1. The molecule has 3 N–H and O–H groups in total. The molecule has 0 aliphatic carbocycles. The van der Waals surface area contributed by atoms with Gasteiger partial charge in [-0.2, -0.15) is 0 Å². The van der Waals surface area contributed by atoms with Crippen LogP contribution in [0.2, 0.25) is 0 Å². The molecule has 0 fully saturated rings. The molecule has 130 valence electrons. The minimum absolute atomic E-state index is 0.274. The van der Waals surface area contributed by atoms with Gasteiger partial charge in [-0.1, -0.05) is 24.8 Å². The van der Waals surface area contributed by atoms with Crippen molar-refractivity contribution in [2.24, 2.45) is 0 Å². The number of benzene rings is 1. The fourth-order valence-electron chi connectivity index (χ4n) is 2.23. The number of carbonyl (C=O) groups is 2. The van der Waals surface area contributed by atoms with Crippen LogP contribution >= 0.6 is 0 Å². The van der Waals surface area contributed by atoms with E-state index in [2.05, 4.69) is 11.9 Å². The molecule has 0 unspecified atom stereocenters. The summed E-state index contributed by atoms with van der Waals surface area (Å²) in [5, 5.41) is 21.7. The summed E-state index contributed by atoms with van der Waals surface area (Å²) in [5.74, 6) is -1.71. The zero-order valence-corrected chi connectivity index (χ0v) is 14.6. The second kappa shape index (κ2) is 8.66. The summed E-state index contributed by atoms with van der Waals surface area (Å²) in [4.78, 5) is 25.1. The molecule has 0 aromatic heterocycles. The molecule has 0 bridgehead atoms. The van der Waals surface area contributed by atoms with E-state index in [-0.39, 0.29) is 12.3 Å². The van der Waals surface area contributed by atoms with E-state index in [1.807, 2.05) is 32.0 Å². The molecule has 2 atom stereocenters. The third-order valence-corrected chi connectivity index (χ3v) is 4.20. The Morgan fingerprint density at radius 3 is 2.46 bits per heavy atom. The average molecular weight is 332 g/mol. The largest absolute Gasteiger partial charge is 0.475 e. The van der Waals surface area contributed by atoms with Gasteiger partial charge in [0.1, 0.15) is 6.04 Å². The lowest BCUT2D eigenvalue weighted by atomic mass is 9.75. The number of nitrogens with one attached hydrogen (secondary N) is 1. The van der Waals surface area contributed by atoms with Gasteiger partial charge in [-0.3, -0.25) is 9.59 Å². The highest BCUT2D eigenvalue weighted by Crippen LogP contribution is 2.12. The van der Waals surface area contributed by atoms with Gasteiger partial charge < -0.3 is 20.3 Å². The summed E-state index contributed by atoms with van der Waals surface area (Å²) in [5.41, 5.74) is 3.12. The monoisotopic (exact) mass is 332 g/mol. The highest BCUT2D eigenvalue weighted by Gasteiger charge is 2.29. The van der Waals surface area contributed by atoms with E-state index in [1.54, 1.807) is 6.92 Å². The second-order valence-electron chi connectivity index (χ2n) is 5.98. The van der Waals surface area contributed by atoms with Crippen LogP contribution in [0, 0.1) is 13.8 Å². The van der Waals surface area contributed by atoms with Crippen molar-refractivity contribution in [1.82, 2.24) is 10.2 Å². The Balaban J connectivity index is 2.82. The lowest BCUT2D eigenvalue weighted by Crippen LogP contribution is -2.54. The summed E-state index contributed by atoms with van der Waals surface area (Å²) in [6.07, 6.45) is 1.40. The first-order valence-electron chi connectivity index (χ1n) is 7.79. The van der Waals surface area contributed by atoms with Gasteiger partial charge in [0, 0.05) is 7.05 Å². The number of rotatable bonds is 7. The topological polar surface area (TPSA) is 89.9 Å². The maximum Gasteiger partial charge on any atom is 0.475 e. The predicted octanol–water partition coefficient (Wildman–Crippen LogP) is 0.376. The van der Waals surface area contributed by atoms with Crippen molar-refractivity contribution in [2.45, 2.75) is 39.2 Å². The lowest BCUT2D eigenvalue weighted by Gasteiger charge is -2.26. The van der Waals surface area contributed by atoms with Crippen LogP contribution in [0.4, 0.5) is 0 Å². The minimum atomic E-state index is -1.71. The Morgan fingerprint density at radius 1 is 1.33 bits per heavy atom. The molecule has 2 amide bonds. The number of likely N-dealkylation sites (N-methyl/N-ethyl adjacent to an activating group) is 1. The smallest absolute Gasteiger partial charge is 0.426 e. The van der Waals surface area contributed by atoms with Gasteiger partial charge in [0.05, 0.1) is 5.94 Å². The zero-order chi connectivity index (χ0) is 18.4. The first-order valence-corrected chi connectivity index (χ1v) is 7.79. The van der Waals surface area contributed by atoms with Crippen molar-refractivity contribution in [1.29, 1.82) is 0 Å². The van der Waals surface area contributed by atoms with E-state index in [9.17, 15) is 19.6 Å². The Morgan fingerprint density at radius 2 is 1.96 bits per heavy atom. The maximum atomic E-state index is 12.3. The SMILES string of the molecule is C=CC(=O)N(C)[C@@H](C)C(=O)N[C@@H](Cc1ccc(C)c(C)c1)B(O)O. The van der Waals surface area contributed by atoms with Crippen LogP contribution in [0.15, 0.2) is 30.9 Å². The first-order chi connectivity index (χ1) is 11.2. The van der Waals surface area contributed by atoms with Crippen LogP contribution < -0.4 is 5.32 Å². The van der Waals surface area contributed by atoms with Gasteiger partial charge >= 0.3 is 7.12 Å². The molecule has 0 aliphatic rings. The van der Waals surface area contributed by atoms with Crippen LogP contribution in [0.1, 0.15) is 23.6 Å². The molecule has 1 rings (SSSR count). The molecule has 0 heterocycles. The lowest BCUT2D eigenvalue weighted by molar-refractivity contribution is -0.135. The fraction of sp³-hybridized carbons (Fsp3) is 0.412. The van der Waals surface area contributed by atoms with Gasteiger partial charge in [0.2, 0.25) is 11.8 Å². The van der Waals surface area contributed by atoms with Crippen molar-refractivity contribution in [3.63, 3.8) is 0 Å². The molecule has 24 heavy (non-hydrogen) atoms. The van der Waals surface area contributed by atoms with E-state index in [0.29, 0.717) is 0 Å². The normalized spacial score (nSPS) is 12.9. The van der Waals surface area contributed by atoms with Gasteiger partial charge in [0.15, 0.2) is 0 Å². The van der Waals surface area contributed by atoms with Gasteiger partial charge in [-0.25, -0.2) is 0 Å². The third kappa shape index (κ3) is 5.21. The van der Waals surface area contributed by atoms with Crippen molar-refractivity contribution in [2.75, 3.05) is 7.05 Å². The first kappa shape index (κ1) is 19.9. The number of hydrogen-bond donors (Lipinski definition) is 3. The maximum absolute atomic E-state index is 12.3. The van der Waals surface area contributed by atoms with Crippen LogP contribution in [0.3, 0.4) is 0 Å². The molecule has 6 nitrogen and oxygen atoms in total. The Kier molecular flexibility index (Phi) is 7.19. The van der Waals surface area contributed by atoms with E-state index in [4.69, 9.17) is 0 Å². The molecule has 1 aromatic carbocycles. The number of nitrogens with zero attached hydrogens (tertiary/aromatic N) is 1. The Labute approximate surface area is 143 Å². The number of carbonyl (C=O) groups excluding carboxylic acids is 2. The highest BCUT2D eigenvalue weighted by atomic mass is 16.4. The van der Waals surface area contributed by atoms with Crippen LogP contribution in [0.25, 0.3) is 0 Å². The fourth-order valence-corrected chi connectivity index (χ4v) is 2.23. The van der Waals surface area contributed by atoms with Gasteiger partial charge in [0.25, 0.3) is 0 Å². The molecule has 7 heteroatoms. The van der Waals surface area contributed by atoms with Crippen LogP contribution in [-0.4, -0.2) is 52.9 Å². The molecular weight excluding hydrogens is 307 g/mol. The van der Waals surface area contributed by atoms with Crippen molar-refractivity contribution in [3.8, 4) is 0 Å². The zero-order valence-electron chi connectivity index (χ0n) is 14.6. The summed E-state index contributed by atoms with van der Waals surface area (Å²) in [6.45, 7) is 8.91. The minimum Gasteiger partial charge on any atom is -0.426 e. The van der Waals surface area contributed by atoms with E-state index in [0.717, 1.165) is 22.8 Å². The van der Waals surface area contributed by atoms with Crippen molar-refractivity contribution >= 4 is 18.9 Å². The predicted molar refractivity (Wildman–Crippen MR) is 94.2 cm³/mol. The molecule has 0 saturated carbocycles. The summed E-state index contributed by atoms with van der Waals surface area (Å²) >= 11 is 0. The van der Waals surface area contributed by atoms with E-state index in [1.165, 1.54) is 11.9 Å².